The molecule has 0 saturated carbocycles. The topological polar surface area (TPSA) is 114 Å². The van der Waals surface area contributed by atoms with Crippen LogP contribution < -0.4 is 11.1 Å². The number of hydrogen-bond donors (Lipinski definition) is 3. The van der Waals surface area contributed by atoms with Gasteiger partial charge in [0.15, 0.2) is 5.82 Å². The molecule has 0 saturated heterocycles. The number of hydrogen-bond acceptors (Lipinski definition) is 6. The number of benzene rings is 1. The van der Waals surface area contributed by atoms with Crippen LogP contribution in [-0.4, -0.2) is 44.5 Å². The minimum absolute atomic E-state index is 0.104. The molecule has 5 rings (SSSR count). The number of halogens is 1. The Morgan fingerprint density at radius 2 is 1.82 bits per heavy atom. The van der Waals surface area contributed by atoms with E-state index in [1.165, 1.54) is 4.88 Å². The predicted octanol–water partition coefficient (Wildman–Crippen LogP) is 4.39. The number of rotatable bonds is 5. The van der Waals surface area contributed by atoms with Crippen molar-refractivity contribution in [1.29, 1.82) is 0 Å². The summed E-state index contributed by atoms with van der Waals surface area (Å²) in [6.45, 7) is 6.84. The SMILES string of the molecule is Cc1sc2c(c1C)C(c1ccc(Cl)cc1)=N[C@@H](CC(=O)NCC#Cc1ccc(C#CCCN)[nH]1)c1nnc(C)n1-2. The molecule has 1 aromatic carbocycles. The van der Waals surface area contributed by atoms with E-state index in [1.807, 2.05) is 47.9 Å². The van der Waals surface area contributed by atoms with Crippen molar-refractivity contribution in [3.8, 4) is 28.7 Å². The lowest BCUT2D eigenvalue weighted by Gasteiger charge is -2.12. The molecule has 1 aliphatic heterocycles. The predicted molar refractivity (Wildman–Crippen MR) is 159 cm³/mol. The summed E-state index contributed by atoms with van der Waals surface area (Å²) in [7, 11) is 0. The smallest absolute Gasteiger partial charge is 0.223 e. The van der Waals surface area contributed by atoms with E-state index in [1.54, 1.807) is 11.3 Å². The van der Waals surface area contributed by atoms with Crippen molar-refractivity contribution in [3.63, 3.8) is 0 Å². The molecule has 1 amide bonds. The van der Waals surface area contributed by atoms with Crippen LogP contribution in [0, 0.1) is 44.5 Å². The quantitative estimate of drug-likeness (QED) is 0.309. The van der Waals surface area contributed by atoms with Crippen LogP contribution in [0.4, 0.5) is 0 Å². The van der Waals surface area contributed by atoms with Crippen LogP contribution >= 0.6 is 22.9 Å². The van der Waals surface area contributed by atoms with Gasteiger partial charge in [0, 0.05) is 34.0 Å². The molecule has 3 aromatic heterocycles. The van der Waals surface area contributed by atoms with Crippen molar-refractivity contribution in [2.75, 3.05) is 13.1 Å². The lowest BCUT2D eigenvalue weighted by atomic mass is 9.99. The van der Waals surface area contributed by atoms with E-state index in [-0.39, 0.29) is 18.9 Å². The van der Waals surface area contributed by atoms with Crippen LogP contribution in [0.3, 0.4) is 0 Å². The lowest BCUT2D eigenvalue weighted by molar-refractivity contribution is -0.121. The van der Waals surface area contributed by atoms with Gasteiger partial charge in [-0.05, 0) is 62.4 Å². The minimum atomic E-state index is -0.530. The minimum Gasteiger partial charge on any atom is -0.345 e. The van der Waals surface area contributed by atoms with E-state index < -0.39 is 6.04 Å². The van der Waals surface area contributed by atoms with Gasteiger partial charge in [0.2, 0.25) is 5.91 Å². The zero-order chi connectivity index (χ0) is 28.2. The number of aromatic amines is 1. The molecule has 0 spiro atoms. The van der Waals surface area contributed by atoms with Crippen molar-refractivity contribution in [2.24, 2.45) is 10.7 Å². The molecule has 0 aliphatic carbocycles. The number of nitrogens with one attached hydrogen (secondary N) is 2. The molecule has 4 N–H and O–H groups in total. The number of nitrogens with two attached hydrogens (primary N) is 1. The Hall–Kier alpha value is -4.15. The zero-order valence-electron chi connectivity index (χ0n) is 22.4. The number of H-pyrrole nitrogens is 1. The van der Waals surface area contributed by atoms with Crippen molar-refractivity contribution < 1.29 is 4.79 Å². The van der Waals surface area contributed by atoms with Crippen LogP contribution in [0.1, 0.15) is 63.5 Å². The summed E-state index contributed by atoms with van der Waals surface area (Å²) in [5.41, 5.74) is 10.9. The Morgan fingerprint density at radius 3 is 2.55 bits per heavy atom. The number of carbonyl (C=O) groups is 1. The average molecular weight is 570 g/mol. The highest BCUT2D eigenvalue weighted by Gasteiger charge is 2.32. The number of nitrogens with zero attached hydrogens (tertiary/aromatic N) is 4. The molecule has 10 heteroatoms. The Labute approximate surface area is 242 Å². The molecule has 1 atom stereocenters. The number of aryl methyl sites for hydroxylation is 2. The maximum atomic E-state index is 13.1. The van der Waals surface area contributed by atoms with Gasteiger partial charge in [0.1, 0.15) is 16.9 Å². The molecule has 0 radical (unpaired) electrons. The zero-order valence-corrected chi connectivity index (χ0v) is 24.0. The van der Waals surface area contributed by atoms with Crippen LogP contribution in [0.15, 0.2) is 41.4 Å². The van der Waals surface area contributed by atoms with Gasteiger partial charge in [0.05, 0.1) is 30.1 Å². The Kier molecular flexibility index (Phi) is 8.18. The molecule has 4 heterocycles. The normalized spacial score (nSPS) is 13.6. The van der Waals surface area contributed by atoms with Gasteiger partial charge >= 0.3 is 0 Å². The number of fused-ring (bicyclic) bond motifs is 3. The molecular formula is C30H28ClN7OS. The van der Waals surface area contributed by atoms with Crippen LogP contribution in [-0.2, 0) is 4.79 Å². The second-order valence-corrected chi connectivity index (χ2v) is 11.0. The first kappa shape index (κ1) is 27.4. The molecule has 0 bridgehead atoms. The Morgan fingerprint density at radius 1 is 1.10 bits per heavy atom. The van der Waals surface area contributed by atoms with Gasteiger partial charge in [-0.1, -0.05) is 35.6 Å². The first-order valence-electron chi connectivity index (χ1n) is 12.9. The van der Waals surface area contributed by atoms with E-state index in [9.17, 15) is 4.79 Å². The third kappa shape index (κ3) is 5.73. The molecule has 4 aromatic rings. The molecule has 202 valence electrons. The second-order valence-electron chi connectivity index (χ2n) is 9.31. The monoisotopic (exact) mass is 569 g/mol. The van der Waals surface area contributed by atoms with Crippen molar-refractivity contribution in [2.45, 2.75) is 39.7 Å². The number of amides is 1. The van der Waals surface area contributed by atoms with Gasteiger partial charge in [-0.25, -0.2) is 0 Å². The Balaban J connectivity index is 1.38. The largest absolute Gasteiger partial charge is 0.345 e. The van der Waals surface area contributed by atoms with Gasteiger partial charge < -0.3 is 16.0 Å². The summed E-state index contributed by atoms with van der Waals surface area (Å²) >= 11 is 7.86. The Bertz CT molecular complexity index is 1720. The summed E-state index contributed by atoms with van der Waals surface area (Å²) < 4.78 is 2.03. The number of carbonyl (C=O) groups excluding carboxylic acids is 1. The van der Waals surface area contributed by atoms with Gasteiger partial charge in [-0.2, -0.15) is 0 Å². The number of thiophene rings is 1. The van der Waals surface area contributed by atoms with Gasteiger partial charge in [0.25, 0.3) is 0 Å². The molecular weight excluding hydrogens is 542 g/mol. The first-order chi connectivity index (χ1) is 19.4. The third-order valence-corrected chi connectivity index (χ3v) is 7.96. The third-order valence-electron chi connectivity index (χ3n) is 6.51. The van der Waals surface area contributed by atoms with E-state index >= 15 is 0 Å². The van der Waals surface area contributed by atoms with Gasteiger partial charge in [-0.3, -0.25) is 14.4 Å². The van der Waals surface area contributed by atoms with Crippen LogP contribution in [0.25, 0.3) is 5.00 Å². The highest BCUT2D eigenvalue weighted by atomic mass is 35.5. The summed E-state index contributed by atoms with van der Waals surface area (Å²) in [5, 5.41) is 13.3. The standard InChI is InChI=1S/C30H28ClN7OS/c1-18-19(2)40-30-27(18)28(21-9-11-22(31)12-10-21)35-25(29-37-36-20(3)38(29)30)17-26(39)33-16-6-8-24-14-13-23(34-24)7-4-5-15-32/h9-14,25,34H,5,15-17,32H2,1-3H3,(H,33,39)/t25-/m0/s1. The highest BCUT2D eigenvalue weighted by Crippen LogP contribution is 2.39. The average Bonchev–Trinajstić information content (AvgIpc) is 3.60. The molecule has 40 heavy (non-hydrogen) atoms. The highest BCUT2D eigenvalue weighted by molar-refractivity contribution is 7.15. The van der Waals surface area contributed by atoms with Crippen molar-refractivity contribution in [3.05, 3.63) is 86.0 Å². The fourth-order valence-corrected chi connectivity index (χ4v) is 5.77. The lowest BCUT2D eigenvalue weighted by Crippen LogP contribution is -2.25. The maximum absolute atomic E-state index is 13.1. The number of aromatic nitrogens is 4. The second kappa shape index (κ2) is 11.9. The number of aliphatic imine (C=N–C) groups is 1. The van der Waals surface area contributed by atoms with E-state index in [0.29, 0.717) is 23.8 Å². The maximum Gasteiger partial charge on any atom is 0.223 e. The van der Waals surface area contributed by atoms with Crippen LogP contribution in [0.5, 0.6) is 0 Å². The summed E-state index contributed by atoms with van der Waals surface area (Å²) in [4.78, 5) is 22.5. The summed E-state index contributed by atoms with van der Waals surface area (Å²) in [5.74, 6) is 13.2. The molecule has 0 unspecified atom stereocenters. The van der Waals surface area contributed by atoms with E-state index in [4.69, 9.17) is 22.3 Å². The van der Waals surface area contributed by atoms with E-state index in [0.717, 1.165) is 44.6 Å². The summed E-state index contributed by atoms with van der Waals surface area (Å²) in [6.07, 6.45) is 0.745. The van der Waals surface area contributed by atoms with E-state index in [2.05, 4.69) is 58.0 Å². The fourth-order valence-electron chi connectivity index (χ4n) is 4.43. The van der Waals surface area contributed by atoms with Crippen molar-refractivity contribution in [1.82, 2.24) is 25.1 Å². The fraction of sp³-hybridized carbons (Fsp3) is 0.267. The molecule has 0 fully saturated rings. The van der Waals surface area contributed by atoms with Crippen molar-refractivity contribution >= 4 is 34.6 Å². The summed E-state index contributed by atoms with van der Waals surface area (Å²) in [6, 6.07) is 10.8. The first-order valence-corrected chi connectivity index (χ1v) is 14.0. The molecule has 1 aliphatic rings. The van der Waals surface area contributed by atoms with Gasteiger partial charge in [-0.15, -0.1) is 21.5 Å². The molecule has 8 nitrogen and oxygen atoms in total. The van der Waals surface area contributed by atoms with Crippen LogP contribution in [0.2, 0.25) is 5.02 Å².